The fourth-order valence-corrected chi connectivity index (χ4v) is 0.671. The van der Waals surface area contributed by atoms with Crippen LogP contribution in [0.4, 0.5) is 4.79 Å². The average molecular weight is 191 g/mol. The lowest BCUT2D eigenvalue weighted by atomic mass is 10.7. The first kappa shape index (κ1) is 11.1. The Balaban J connectivity index is 3.40. The van der Waals surface area contributed by atoms with Gasteiger partial charge in [-0.3, -0.25) is 5.32 Å². The van der Waals surface area contributed by atoms with Crippen molar-refractivity contribution in [2.24, 2.45) is 0 Å². The minimum atomic E-state index is -0.329. The Morgan fingerprint density at radius 2 is 2.25 bits per heavy atom. The molecule has 0 unspecified atom stereocenters. The van der Waals surface area contributed by atoms with Gasteiger partial charge in [0.15, 0.2) is 5.11 Å². The third-order valence-corrected chi connectivity index (χ3v) is 1.29. The summed E-state index contributed by atoms with van der Waals surface area (Å²) in [5.74, 6) is 0. The fourth-order valence-electron chi connectivity index (χ4n) is 0.476. The third-order valence-electron chi connectivity index (χ3n) is 1.05. The van der Waals surface area contributed by atoms with Crippen molar-refractivity contribution in [3.05, 3.63) is 0 Å². The second-order valence-corrected chi connectivity index (χ2v) is 2.36. The van der Waals surface area contributed by atoms with Gasteiger partial charge in [0.2, 0.25) is 0 Å². The van der Waals surface area contributed by atoms with Crippen LogP contribution in [0.3, 0.4) is 0 Å². The number of ether oxygens (including phenoxy) is 1. The topological polar surface area (TPSA) is 62.4 Å². The number of hydrogen-bond acceptors (Lipinski definition) is 3. The zero-order valence-electron chi connectivity index (χ0n) is 7.14. The molecule has 5 nitrogen and oxygen atoms in total. The molecule has 0 aromatic carbocycles. The van der Waals surface area contributed by atoms with E-state index >= 15 is 0 Å². The zero-order chi connectivity index (χ0) is 9.40. The summed E-state index contributed by atoms with van der Waals surface area (Å²) < 4.78 is 4.77. The summed E-state index contributed by atoms with van der Waals surface area (Å²) in [4.78, 5) is 10.7. The number of carbonyl (C=O) groups excluding carboxylic acids is 1. The van der Waals surface area contributed by atoms with E-state index in [-0.39, 0.29) is 6.03 Å². The fraction of sp³-hybridized carbons (Fsp3) is 0.667. The van der Waals surface area contributed by atoms with Gasteiger partial charge in [-0.15, -0.1) is 0 Å². The lowest BCUT2D eigenvalue weighted by molar-refractivity contribution is 0.203. The Labute approximate surface area is 76.8 Å². The highest BCUT2D eigenvalue weighted by atomic mass is 32.1. The van der Waals surface area contributed by atoms with Gasteiger partial charge in [0, 0.05) is 20.7 Å². The highest BCUT2D eigenvalue weighted by molar-refractivity contribution is 7.80. The molecule has 12 heavy (non-hydrogen) atoms. The third kappa shape index (κ3) is 5.87. The monoisotopic (exact) mass is 191 g/mol. The predicted octanol–water partition coefficient (Wildman–Crippen LogP) is -0.564. The molecule has 0 bridgehead atoms. The van der Waals surface area contributed by atoms with Crippen molar-refractivity contribution >= 4 is 23.4 Å². The largest absolute Gasteiger partial charge is 0.383 e. The van der Waals surface area contributed by atoms with Crippen LogP contribution in [-0.4, -0.2) is 38.5 Å². The Hall–Kier alpha value is -0.880. The molecule has 0 rings (SSSR count). The molecule has 0 atom stereocenters. The molecule has 6 heteroatoms. The molecule has 0 saturated heterocycles. The van der Waals surface area contributed by atoms with Crippen LogP contribution in [0.1, 0.15) is 0 Å². The van der Waals surface area contributed by atoms with Gasteiger partial charge in [0.1, 0.15) is 0 Å². The van der Waals surface area contributed by atoms with Gasteiger partial charge in [0.05, 0.1) is 6.61 Å². The summed E-state index contributed by atoms with van der Waals surface area (Å²) in [5, 5.41) is 7.86. The maximum Gasteiger partial charge on any atom is 0.320 e. The van der Waals surface area contributed by atoms with Crippen molar-refractivity contribution in [2.75, 3.05) is 27.3 Å². The van der Waals surface area contributed by atoms with Crippen LogP contribution in [0.25, 0.3) is 0 Å². The van der Waals surface area contributed by atoms with Crippen molar-refractivity contribution in [1.29, 1.82) is 0 Å². The molecule has 70 valence electrons. The van der Waals surface area contributed by atoms with Crippen molar-refractivity contribution in [3.8, 4) is 0 Å². The summed E-state index contributed by atoms with van der Waals surface area (Å²) in [7, 11) is 3.12. The Morgan fingerprint density at radius 1 is 1.58 bits per heavy atom. The summed E-state index contributed by atoms with van der Waals surface area (Å²) in [6, 6.07) is -0.329. The van der Waals surface area contributed by atoms with Crippen LogP contribution in [0, 0.1) is 0 Å². The van der Waals surface area contributed by atoms with E-state index in [0.29, 0.717) is 18.3 Å². The number of hydrogen-bond donors (Lipinski definition) is 3. The van der Waals surface area contributed by atoms with Crippen LogP contribution in [-0.2, 0) is 4.74 Å². The van der Waals surface area contributed by atoms with Gasteiger partial charge in [0.25, 0.3) is 0 Å². The zero-order valence-corrected chi connectivity index (χ0v) is 7.96. The van der Waals surface area contributed by atoms with E-state index in [0.717, 1.165) is 0 Å². The first-order valence-electron chi connectivity index (χ1n) is 3.46. The molecule has 0 spiro atoms. The summed E-state index contributed by atoms with van der Waals surface area (Å²) >= 11 is 4.77. The Morgan fingerprint density at radius 3 is 2.75 bits per heavy atom. The molecular weight excluding hydrogens is 178 g/mol. The summed E-state index contributed by atoms with van der Waals surface area (Å²) in [6.07, 6.45) is 0. The van der Waals surface area contributed by atoms with Gasteiger partial charge in [-0.05, 0) is 12.2 Å². The average Bonchev–Trinajstić information content (AvgIpc) is 2.05. The predicted molar refractivity (Wildman–Crippen MR) is 50.1 cm³/mol. The number of urea groups is 1. The molecule has 0 heterocycles. The van der Waals surface area contributed by atoms with Gasteiger partial charge < -0.3 is 15.4 Å². The standard InChI is InChI=1S/C6H13N3O2S/c1-7-5(10)9-6(12)8-3-4-11-2/h3-4H2,1-2H3,(H3,7,8,9,10,12). The molecule has 0 aliphatic rings. The van der Waals surface area contributed by atoms with Crippen LogP contribution in [0.15, 0.2) is 0 Å². The lowest BCUT2D eigenvalue weighted by Crippen LogP contribution is -2.44. The van der Waals surface area contributed by atoms with Crippen LogP contribution >= 0.6 is 12.2 Å². The second kappa shape index (κ2) is 6.81. The molecule has 0 fully saturated rings. The van der Waals surface area contributed by atoms with Gasteiger partial charge in [-0.2, -0.15) is 0 Å². The van der Waals surface area contributed by atoms with E-state index in [1.54, 1.807) is 7.11 Å². The van der Waals surface area contributed by atoms with Gasteiger partial charge in [-0.1, -0.05) is 0 Å². The van der Waals surface area contributed by atoms with Crippen LogP contribution in [0.2, 0.25) is 0 Å². The number of nitrogens with one attached hydrogen (secondary N) is 3. The minimum absolute atomic E-state index is 0.298. The summed E-state index contributed by atoms with van der Waals surface area (Å²) in [5.41, 5.74) is 0. The Kier molecular flexibility index (Phi) is 6.31. The molecular formula is C6H13N3O2S. The molecule has 0 saturated carbocycles. The number of amides is 2. The maximum absolute atomic E-state index is 10.7. The maximum atomic E-state index is 10.7. The molecule has 0 aromatic rings. The van der Waals surface area contributed by atoms with Crippen molar-refractivity contribution < 1.29 is 9.53 Å². The number of rotatable bonds is 3. The van der Waals surface area contributed by atoms with Gasteiger partial charge in [-0.25, -0.2) is 4.79 Å². The van der Waals surface area contributed by atoms with E-state index in [1.165, 1.54) is 7.05 Å². The van der Waals surface area contributed by atoms with E-state index < -0.39 is 0 Å². The number of thiocarbonyl (C=S) groups is 1. The highest BCUT2D eigenvalue weighted by Crippen LogP contribution is 1.69. The molecule has 3 N–H and O–H groups in total. The van der Waals surface area contributed by atoms with E-state index in [1.807, 2.05) is 0 Å². The minimum Gasteiger partial charge on any atom is -0.383 e. The highest BCUT2D eigenvalue weighted by Gasteiger charge is 1.98. The molecule has 0 aromatic heterocycles. The Bertz CT molecular complexity index is 163. The van der Waals surface area contributed by atoms with Crippen molar-refractivity contribution in [1.82, 2.24) is 16.0 Å². The number of methoxy groups -OCH3 is 1. The molecule has 0 radical (unpaired) electrons. The smallest absolute Gasteiger partial charge is 0.320 e. The second-order valence-electron chi connectivity index (χ2n) is 1.95. The quantitative estimate of drug-likeness (QED) is 0.413. The molecule has 0 aliphatic carbocycles. The van der Waals surface area contributed by atoms with E-state index in [4.69, 9.17) is 17.0 Å². The number of carbonyl (C=O) groups is 1. The van der Waals surface area contributed by atoms with E-state index in [9.17, 15) is 4.79 Å². The molecule has 2 amide bonds. The van der Waals surface area contributed by atoms with Crippen LogP contribution in [0.5, 0.6) is 0 Å². The van der Waals surface area contributed by atoms with E-state index in [2.05, 4.69) is 16.0 Å². The normalized spacial score (nSPS) is 8.83. The molecule has 0 aliphatic heterocycles. The van der Waals surface area contributed by atoms with Crippen molar-refractivity contribution in [2.45, 2.75) is 0 Å². The lowest BCUT2D eigenvalue weighted by Gasteiger charge is -2.07. The first-order chi connectivity index (χ1) is 5.70. The van der Waals surface area contributed by atoms with Crippen molar-refractivity contribution in [3.63, 3.8) is 0 Å². The summed E-state index contributed by atoms with van der Waals surface area (Å²) in [6.45, 7) is 1.13. The van der Waals surface area contributed by atoms with Gasteiger partial charge >= 0.3 is 6.03 Å². The first-order valence-corrected chi connectivity index (χ1v) is 3.87. The van der Waals surface area contributed by atoms with Crippen LogP contribution < -0.4 is 16.0 Å². The SMILES string of the molecule is CNC(=O)NC(=S)NCCOC.